The number of nitrogens with zero attached hydrogens (tertiary/aromatic N) is 4. The fraction of sp³-hybridized carbons (Fsp3) is 0.379. The van der Waals surface area contributed by atoms with E-state index >= 15 is 0 Å². The van der Waals surface area contributed by atoms with E-state index in [-0.39, 0.29) is 12.5 Å². The summed E-state index contributed by atoms with van der Waals surface area (Å²) in [6.45, 7) is 2.75. The molecule has 2 saturated heterocycles. The molecule has 2 unspecified atom stereocenters. The highest BCUT2D eigenvalue weighted by atomic mass is 16.2. The monoisotopic (exact) mass is 482 g/mol. The fourth-order valence-electron chi connectivity index (χ4n) is 6.54. The number of carbonyl (C=O) groups excluding carboxylic acids is 3. The van der Waals surface area contributed by atoms with E-state index in [1.54, 1.807) is 0 Å². The van der Waals surface area contributed by atoms with Crippen LogP contribution in [0.15, 0.2) is 54.6 Å². The summed E-state index contributed by atoms with van der Waals surface area (Å²) in [5.41, 5.74) is 2.84. The average Bonchev–Trinajstić information content (AvgIpc) is 2.89. The standard InChI is InChI=1S/C29H30N4O3/c1-18-9-10-23-21(13-18)16-22-17-29(26(34)31(2)28(36)32(3)27(29)35)24-15-20(11-12-33(24)25(22)30-23)14-19-7-5-4-6-8-19/h4-10,13,16,20,24H,11-12,14-15,17H2,1-3H3. The second-order valence-electron chi connectivity index (χ2n) is 10.6. The molecule has 3 aromatic rings. The number of aromatic nitrogens is 1. The summed E-state index contributed by atoms with van der Waals surface area (Å²) in [6.07, 6.45) is 2.78. The number of benzene rings is 2. The number of piperidine rings is 1. The lowest BCUT2D eigenvalue weighted by atomic mass is 9.64. The second-order valence-corrected chi connectivity index (χ2v) is 10.6. The molecular weight excluding hydrogens is 452 g/mol. The zero-order chi connectivity index (χ0) is 25.2. The van der Waals surface area contributed by atoms with Gasteiger partial charge in [0.2, 0.25) is 11.8 Å². The third kappa shape index (κ3) is 3.25. The topological polar surface area (TPSA) is 73.8 Å². The molecule has 7 heteroatoms. The van der Waals surface area contributed by atoms with E-state index in [2.05, 4.69) is 35.2 Å². The molecule has 0 radical (unpaired) electrons. The second kappa shape index (κ2) is 8.15. The van der Waals surface area contributed by atoms with Gasteiger partial charge < -0.3 is 4.90 Å². The Morgan fingerprint density at radius 2 is 1.69 bits per heavy atom. The van der Waals surface area contributed by atoms with Crippen molar-refractivity contribution >= 4 is 34.6 Å². The number of hydrogen-bond donors (Lipinski definition) is 0. The Kier molecular flexibility index (Phi) is 5.14. The van der Waals surface area contributed by atoms with E-state index in [0.717, 1.165) is 50.5 Å². The van der Waals surface area contributed by atoms with Crippen LogP contribution in [0.3, 0.4) is 0 Å². The van der Waals surface area contributed by atoms with Crippen molar-refractivity contribution in [3.63, 3.8) is 0 Å². The summed E-state index contributed by atoms with van der Waals surface area (Å²) >= 11 is 0. The van der Waals surface area contributed by atoms with Gasteiger partial charge in [0, 0.05) is 32.4 Å². The summed E-state index contributed by atoms with van der Waals surface area (Å²) in [5, 5.41) is 0.995. The Morgan fingerprint density at radius 1 is 0.972 bits per heavy atom. The van der Waals surface area contributed by atoms with E-state index in [1.165, 1.54) is 19.7 Å². The Hall–Kier alpha value is -3.74. The quantitative estimate of drug-likeness (QED) is 0.517. The summed E-state index contributed by atoms with van der Waals surface area (Å²) < 4.78 is 0. The maximum atomic E-state index is 13.9. The lowest BCUT2D eigenvalue weighted by molar-refractivity contribution is -0.160. The van der Waals surface area contributed by atoms with Crippen molar-refractivity contribution in [1.82, 2.24) is 14.8 Å². The number of amides is 4. The van der Waals surface area contributed by atoms with Crippen LogP contribution in [0.2, 0.25) is 0 Å². The zero-order valence-corrected chi connectivity index (χ0v) is 20.9. The van der Waals surface area contributed by atoms with Crippen LogP contribution in [0.4, 0.5) is 10.6 Å². The minimum Gasteiger partial charge on any atom is -0.352 e. The predicted molar refractivity (Wildman–Crippen MR) is 138 cm³/mol. The summed E-state index contributed by atoms with van der Waals surface area (Å²) in [4.78, 5) is 50.0. The minimum atomic E-state index is -1.35. The van der Waals surface area contributed by atoms with Gasteiger partial charge in [0.25, 0.3) is 0 Å². The summed E-state index contributed by atoms with van der Waals surface area (Å²) in [7, 11) is 2.98. The van der Waals surface area contributed by atoms with Crippen LogP contribution in [0.25, 0.3) is 10.9 Å². The molecule has 2 aromatic carbocycles. The number of fused-ring (bicyclic) bond motifs is 5. The van der Waals surface area contributed by atoms with Gasteiger partial charge in [-0.3, -0.25) is 19.4 Å². The van der Waals surface area contributed by atoms with Crippen LogP contribution >= 0.6 is 0 Å². The maximum absolute atomic E-state index is 13.9. The van der Waals surface area contributed by atoms with Gasteiger partial charge in [0.05, 0.1) is 11.6 Å². The maximum Gasteiger partial charge on any atom is 0.332 e. The van der Waals surface area contributed by atoms with Crippen molar-refractivity contribution in [2.75, 3.05) is 25.5 Å². The molecule has 36 heavy (non-hydrogen) atoms. The first kappa shape index (κ1) is 22.7. The molecule has 184 valence electrons. The number of rotatable bonds is 2. The normalized spacial score (nSPS) is 23.3. The fourth-order valence-corrected chi connectivity index (χ4v) is 6.54. The molecule has 1 spiro atoms. The molecule has 6 rings (SSSR count). The molecule has 4 heterocycles. The van der Waals surface area contributed by atoms with Crippen molar-refractivity contribution < 1.29 is 14.4 Å². The average molecular weight is 483 g/mol. The number of imide groups is 2. The first-order valence-corrected chi connectivity index (χ1v) is 12.6. The zero-order valence-electron chi connectivity index (χ0n) is 20.9. The predicted octanol–water partition coefficient (Wildman–Crippen LogP) is 3.96. The molecule has 1 aromatic heterocycles. The van der Waals surface area contributed by atoms with E-state index in [1.807, 2.05) is 31.2 Å². The van der Waals surface area contributed by atoms with Gasteiger partial charge in [0.15, 0.2) is 5.41 Å². The van der Waals surface area contributed by atoms with Gasteiger partial charge in [-0.25, -0.2) is 9.78 Å². The van der Waals surface area contributed by atoms with Gasteiger partial charge in [0.1, 0.15) is 5.82 Å². The van der Waals surface area contributed by atoms with Gasteiger partial charge in [-0.1, -0.05) is 42.0 Å². The van der Waals surface area contributed by atoms with Crippen molar-refractivity contribution in [2.45, 2.75) is 38.6 Å². The Morgan fingerprint density at radius 3 is 2.42 bits per heavy atom. The molecule has 4 amide bonds. The number of barbiturate groups is 1. The van der Waals surface area contributed by atoms with Crippen molar-refractivity contribution in [2.24, 2.45) is 11.3 Å². The molecule has 3 aliphatic rings. The largest absolute Gasteiger partial charge is 0.352 e. The van der Waals surface area contributed by atoms with Gasteiger partial charge in [-0.05, 0) is 61.4 Å². The molecule has 3 aliphatic heterocycles. The third-order valence-corrected chi connectivity index (χ3v) is 8.36. The Bertz CT molecular complexity index is 1380. The number of carbonyl (C=O) groups is 3. The Balaban J connectivity index is 1.49. The highest BCUT2D eigenvalue weighted by molar-refractivity contribution is 6.20. The van der Waals surface area contributed by atoms with E-state index in [0.29, 0.717) is 18.9 Å². The smallest absolute Gasteiger partial charge is 0.332 e. The Labute approximate surface area is 210 Å². The van der Waals surface area contributed by atoms with Crippen LogP contribution in [0, 0.1) is 18.3 Å². The highest BCUT2D eigenvalue weighted by Crippen LogP contribution is 2.49. The van der Waals surface area contributed by atoms with E-state index in [4.69, 9.17) is 4.98 Å². The SMILES string of the molecule is Cc1ccc2nc3c(cc2c1)CC1(C(=O)N(C)C(=O)N(C)C1=O)C1CC(Cc2ccccc2)CCN31. The van der Waals surface area contributed by atoms with Gasteiger partial charge in [-0.15, -0.1) is 0 Å². The molecule has 7 nitrogen and oxygen atoms in total. The van der Waals surface area contributed by atoms with Crippen LogP contribution in [0.5, 0.6) is 0 Å². The van der Waals surface area contributed by atoms with Crippen molar-refractivity contribution in [1.29, 1.82) is 0 Å². The minimum absolute atomic E-state index is 0.248. The van der Waals surface area contributed by atoms with Crippen molar-refractivity contribution in [3.8, 4) is 0 Å². The summed E-state index contributed by atoms with van der Waals surface area (Å²) in [6, 6.07) is 17.7. The number of urea groups is 1. The number of anilines is 1. The van der Waals surface area contributed by atoms with Crippen LogP contribution in [0.1, 0.15) is 29.5 Å². The molecule has 0 aliphatic carbocycles. The number of hydrogen-bond acceptors (Lipinski definition) is 5. The van der Waals surface area contributed by atoms with Crippen LogP contribution < -0.4 is 4.90 Å². The molecule has 2 fully saturated rings. The third-order valence-electron chi connectivity index (χ3n) is 8.36. The molecule has 0 N–H and O–H groups in total. The summed E-state index contributed by atoms with van der Waals surface area (Å²) in [5.74, 6) is 0.383. The van der Waals surface area contributed by atoms with Gasteiger partial charge in [-0.2, -0.15) is 0 Å². The molecular formula is C29H30N4O3. The first-order valence-electron chi connectivity index (χ1n) is 12.6. The molecule has 0 saturated carbocycles. The molecule has 0 bridgehead atoms. The first-order chi connectivity index (χ1) is 17.3. The van der Waals surface area contributed by atoms with Crippen molar-refractivity contribution in [3.05, 3.63) is 71.3 Å². The van der Waals surface area contributed by atoms with E-state index in [9.17, 15) is 14.4 Å². The molecule has 2 atom stereocenters. The van der Waals surface area contributed by atoms with Gasteiger partial charge >= 0.3 is 6.03 Å². The van der Waals surface area contributed by atoms with E-state index < -0.39 is 23.3 Å². The van der Waals surface area contributed by atoms with Crippen LogP contribution in [-0.4, -0.2) is 59.3 Å². The lowest BCUT2D eigenvalue weighted by Gasteiger charge is -2.55. The number of pyridine rings is 1. The van der Waals surface area contributed by atoms with Crippen LogP contribution in [-0.2, 0) is 22.4 Å². The lowest BCUT2D eigenvalue weighted by Crippen LogP contribution is -2.72. The number of aryl methyl sites for hydroxylation is 1. The highest BCUT2D eigenvalue weighted by Gasteiger charge is 2.64.